The number of rotatable bonds is 5. The number of non-ortho nitro benzene ring substituents is 1. The van der Waals surface area contributed by atoms with E-state index in [4.69, 9.17) is 16.3 Å². The number of nitro groups is 1. The van der Waals surface area contributed by atoms with Gasteiger partial charge in [-0.2, -0.15) is 0 Å². The van der Waals surface area contributed by atoms with E-state index in [2.05, 4.69) is 4.90 Å². The van der Waals surface area contributed by atoms with Crippen molar-refractivity contribution in [1.82, 2.24) is 4.90 Å². The highest BCUT2D eigenvalue weighted by atomic mass is 35.5. The van der Waals surface area contributed by atoms with E-state index >= 15 is 0 Å². The van der Waals surface area contributed by atoms with Gasteiger partial charge in [-0.05, 0) is 49.7 Å². The summed E-state index contributed by atoms with van der Waals surface area (Å²) in [5.41, 5.74) is 1.88. The maximum atomic E-state index is 12.7. The number of carbonyl (C=O) groups excluding carboxylic acids is 1. The van der Waals surface area contributed by atoms with Crippen molar-refractivity contribution in [2.75, 3.05) is 31.1 Å². The molecular weight excluding hydrogens is 382 g/mol. The summed E-state index contributed by atoms with van der Waals surface area (Å²) in [6, 6.07) is 11.8. The van der Waals surface area contributed by atoms with E-state index in [1.165, 1.54) is 12.1 Å². The molecule has 1 saturated heterocycles. The standard InChI is InChI=1S/C20H22ClN3O4/c1-14-13-18(7-8-19(14)21)28-15(2)20(25)23-11-9-22(10-12-23)16-3-5-17(6-4-16)24(26)27/h3-8,13,15H,9-12H2,1-2H3. The van der Waals surface area contributed by atoms with Crippen LogP contribution in [-0.4, -0.2) is 48.0 Å². The zero-order valence-electron chi connectivity index (χ0n) is 15.8. The Labute approximate surface area is 168 Å². The molecule has 0 saturated carbocycles. The topological polar surface area (TPSA) is 75.9 Å². The molecule has 1 atom stereocenters. The highest BCUT2D eigenvalue weighted by Gasteiger charge is 2.26. The molecule has 0 N–H and O–H groups in total. The van der Waals surface area contributed by atoms with Gasteiger partial charge in [0.2, 0.25) is 0 Å². The van der Waals surface area contributed by atoms with Crippen molar-refractivity contribution in [2.45, 2.75) is 20.0 Å². The number of nitro benzene ring substituents is 1. The number of benzene rings is 2. The molecule has 0 radical (unpaired) electrons. The maximum Gasteiger partial charge on any atom is 0.269 e. The van der Waals surface area contributed by atoms with Crippen LogP contribution in [0, 0.1) is 17.0 Å². The Kier molecular flexibility index (Phi) is 6.04. The highest BCUT2D eigenvalue weighted by Crippen LogP contribution is 2.23. The number of amides is 1. The van der Waals surface area contributed by atoms with E-state index in [0.29, 0.717) is 37.0 Å². The Morgan fingerprint density at radius 2 is 1.79 bits per heavy atom. The second-order valence-corrected chi connectivity index (χ2v) is 7.16. The van der Waals surface area contributed by atoms with E-state index in [1.54, 1.807) is 36.1 Å². The number of aryl methyl sites for hydroxylation is 1. The van der Waals surface area contributed by atoms with Crippen LogP contribution in [0.25, 0.3) is 0 Å². The van der Waals surface area contributed by atoms with Crippen molar-refractivity contribution < 1.29 is 14.5 Å². The van der Waals surface area contributed by atoms with E-state index in [-0.39, 0.29) is 11.6 Å². The normalized spacial score (nSPS) is 15.2. The molecule has 1 heterocycles. The molecule has 28 heavy (non-hydrogen) atoms. The van der Waals surface area contributed by atoms with E-state index < -0.39 is 11.0 Å². The van der Waals surface area contributed by atoms with E-state index in [0.717, 1.165) is 11.3 Å². The summed E-state index contributed by atoms with van der Waals surface area (Å²) >= 11 is 6.02. The van der Waals surface area contributed by atoms with Gasteiger partial charge >= 0.3 is 0 Å². The van der Waals surface area contributed by atoms with Crippen LogP contribution >= 0.6 is 11.6 Å². The van der Waals surface area contributed by atoms with Gasteiger partial charge in [-0.3, -0.25) is 14.9 Å². The second-order valence-electron chi connectivity index (χ2n) is 6.76. The van der Waals surface area contributed by atoms with Crippen LogP contribution in [0.2, 0.25) is 5.02 Å². The lowest BCUT2D eigenvalue weighted by Gasteiger charge is -2.37. The minimum atomic E-state index is -0.591. The van der Waals surface area contributed by atoms with Crippen LogP contribution in [0.3, 0.4) is 0 Å². The van der Waals surface area contributed by atoms with Gasteiger partial charge in [-0.25, -0.2) is 0 Å². The van der Waals surface area contributed by atoms with Crippen LogP contribution in [0.5, 0.6) is 5.75 Å². The number of hydrogen-bond acceptors (Lipinski definition) is 5. The van der Waals surface area contributed by atoms with Gasteiger partial charge in [0.1, 0.15) is 5.75 Å². The Balaban J connectivity index is 1.55. The number of hydrogen-bond donors (Lipinski definition) is 0. The molecule has 8 heteroatoms. The molecule has 0 aliphatic carbocycles. The Morgan fingerprint density at radius 1 is 1.14 bits per heavy atom. The summed E-state index contributed by atoms with van der Waals surface area (Å²) in [7, 11) is 0. The predicted octanol–water partition coefficient (Wildman–Crippen LogP) is 3.67. The molecule has 1 unspecified atom stereocenters. The third kappa shape index (κ3) is 4.54. The number of halogens is 1. The monoisotopic (exact) mass is 403 g/mol. The quantitative estimate of drug-likeness (QED) is 0.562. The van der Waals surface area contributed by atoms with Gasteiger partial charge in [0, 0.05) is 49.0 Å². The van der Waals surface area contributed by atoms with Gasteiger partial charge in [-0.1, -0.05) is 11.6 Å². The first-order valence-electron chi connectivity index (χ1n) is 9.06. The molecule has 2 aromatic carbocycles. The molecule has 0 bridgehead atoms. The molecule has 1 amide bonds. The van der Waals surface area contributed by atoms with Crippen LogP contribution in [0.4, 0.5) is 11.4 Å². The maximum absolute atomic E-state index is 12.7. The first kappa shape index (κ1) is 19.9. The highest BCUT2D eigenvalue weighted by molar-refractivity contribution is 6.31. The van der Waals surface area contributed by atoms with Crippen molar-refractivity contribution in [2.24, 2.45) is 0 Å². The summed E-state index contributed by atoms with van der Waals surface area (Å²) in [5.74, 6) is 0.559. The molecular formula is C20H22ClN3O4. The summed E-state index contributed by atoms with van der Waals surface area (Å²) in [6.07, 6.45) is -0.591. The summed E-state index contributed by atoms with van der Waals surface area (Å²) in [5, 5.41) is 11.4. The van der Waals surface area contributed by atoms with E-state index in [1.807, 2.05) is 13.0 Å². The number of piperazine rings is 1. The fourth-order valence-corrected chi connectivity index (χ4v) is 3.29. The van der Waals surface area contributed by atoms with Crippen molar-refractivity contribution in [1.29, 1.82) is 0 Å². The first-order valence-corrected chi connectivity index (χ1v) is 9.44. The van der Waals surface area contributed by atoms with Crippen molar-refractivity contribution in [3.8, 4) is 5.75 Å². The molecule has 1 aliphatic rings. The predicted molar refractivity (Wildman–Crippen MR) is 108 cm³/mol. The zero-order chi connectivity index (χ0) is 20.3. The number of anilines is 1. The van der Waals surface area contributed by atoms with Gasteiger partial charge < -0.3 is 14.5 Å². The largest absolute Gasteiger partial charge is 0.481 e. The van der Waals surface area contributed by atoms with Crippen LogP contribution < -0.4 is 9.64 Å². The number of carbonyl (C=O) groups is 1. The van der Waals surface area contributed by atoms with Crippen LogP contribution in [0.15, 0.2) is 42.5 Å². The van der Waals surface area contributed by atoms with Crippen molar-refractivity contribution in [3.05, 3.63) is 63.2 Å². The molecule has 2 aromatic rings. The lowest BCUT2D eigenvalue weighted by molar-refractivity contribution is -0.384. The smallest absolute Gasteiger partial charge is 0.269 e. The van der Waals surface area contributed by atoms with Crippen LogP contribution in [0.1, 0.15) is 12.5 Å². The SMILES string of the molecule is Cc1cc(OC(C)C(=O)N2CCN(c3ccc([N+](=O)[O-])cc3)CC2)ccc1Cl. The molecule has 0 aromatic heterocycles. The summed E-state index contributed by atoms with van der Waals surface area (Å²) in [4.78, 5) is 27.0. The molecule has 1 aliphatic heterocycles. The van der Waals surface area contributed by atoms with E-state index in [9.17, 15) is 14.9 Å². The van der Waals surface area contributed by atoms with Gasteiger partial charge in [0.25, 0.3) is 11.6 Å². The zero-order valence-corrected chi connectivity index (χ0v) is 16.6. The fraction of sp³-hybridized carbons (Fsp3) is 0.350. The average molecular weight is 404 g/mol. The Morgan fingerprint density at radius 3 is 2.36 bits per heavy atom. The first-order chi connectivity index (χ1) is 13.3. The third-order valence-corrected chi connectivity index (χ3v) is 5.23. The fourth-order valence-electron chi connectivity index (χ4n) is 3.17. The Hall–Kier alpha value is -2.80. The minimum Gasteiger partial charge on any atom is -0.481 e. The van der Waals surface area contributed by atoms with Crippen molar-refractivity contribution in [3.63, 3.8) is 0 Å². The lowest BCUT2D eigenvalue weighted by atomic mass is 10.2. The van der Waals surface area contributed by atoms with Gasteiger partial charge in [0.15, 0.2) is 6.10 Å². The van der Waals surface area contributed by atoms with Crippen molar-refractivity contribution >= 4 is 28.9 Å². The van der Waals surface area contributed by atoms with Gasteiger partial charge in [-0.15, -0.1) is 0 Å². The Bertz CT molecular complexity index is 864. The number of nitrogens with zero attached hydrogens (tertiary/aromatic N) is 3. The molecule has 148 valence electrons. The average Bonchev–Trinajstić information content (AvgIpc) is 2.70. The number of ether oxygens (including phenoxy) is 1. The molecule has 3 rings (SSSR count). The van der Waals surface area contributed by atoms with Gasteiger partial charge in [0.05, 0.1) is 4.92 Å². The molecule has 0 spiro atoms. The minimum absolute atomic E-state index is 0.0593. The lowest BCUT2D eigenvalue weighted by Crippen LogP contribution is -2.52. The summed E-state index contributed by atoms with van der Waals surface area (Å²) in [6.45, 7) is 6.10. The van der Waals surface area contributed by atoms with Crippen LogP contribution in [-0.2, 0) is 4.79 Å². The second kappa shape index (κ2) is 8.48. The molecule has 7 nitrogen and oxygen atoms in total. The molecule has 1 fully saturated rings. The summed E-state index contributed by atoms with van der Waals surface area (Å²) < 4.78 is 5.78. The third-order valence-electron chi connectivity index (χ3n) is 4.81.